The van der Waals surface area contributed by atoms with E-state index in [1.807, 2.05) is 0 Å². The van der Waals surface area contributed by atoms with Crippen molar-refractivity contribution in [1.82, 2.24) is 4.98 Å². The molecule has 0 saturated carbocycles. The number of carboxylic acids is 1. The molecular weight excluding hydrogens is 253 g/mol. The maximum Gasteiger partial charge on any atom is 0.422 e. The fourth-order valence-electron chi connectivity index (χ4n) is 1.14. The third-order valence-electron chi connectivity index (χ3n) is 1.78. The van der Waals surface area contributed by atoms with E-state index >= 15 is 0 Å². The first-order valence-electron chi connectivity index (χ1n) is 4.00. The molecule has 0 aliphatic heterocycles. The van der Waals surface area contributed by atoms with Gasteiger partial charge < -0.3 is 10.1 Å². The van der Waals surface area contributed by atoms with E-state index in [1.54, 1.807) is 0 Å². The van der Waals surface area contributed by atoms with Crippen LogP contribution in [0.25, 0.3) is 0 Å². The van der Waals surface area contributed by atoms with Gasteiger partial charge in [0.05, 0.1) is 5.69 Å². The molecule has 1 rings (SSSR count). The normalized spacial score (nSPS) is 11.9. The lowest BCUT2D eigenvalue weighted by atomic mass is 10.1. The maximum atomic E-state index is 12.3. The summed E-state index contributed by atoms with van der Waals surface area (Å²) in [6, 6.07) is 0.0277. The summed E-state index contributed by atoms with van der Waals surface area (Å²) in [5.74, 6) is -2.14. The minimum Gasteiger partial charge on any atom is -0.477 e. The van der Waals surface area contributed by atoms with Gasteiger partial charge >= 0.3 is 12.1 Å². The Balaban J connectivity index is 3.62. The number of H-pyrrole nitrogens is 1. The molecule has 17 heavy (non-hydrogen) atoms. The molecule has 4 nitrogen and oxygen atoms in total. The molecule has 0 aliphatic rings. The van der Waals surface area contributed by atoms with Gasteiger partial charge in [-0.05, 0) is 0 Å². The summed E-state index contributed by atoms with van der Waals surface area (Å²) >= 11 is 0. The minimum absolute atomic E-state index is 0.0277. The van der Waals surface area contributed by atoms with Crippen molar-refractivity contribution in [3.63, 3.8) is 0 Å². The third kappa shape index (κ3) is 2.60. The van der Waals surface area contributed by atoms with E-state index < -0.39 is 41.0 Å². The van der Waals surface area contributed by atoms with E-state index in [1.165, 1.54) is 4.98 Å². The van der Waals surface area contributed by atoms with Gasteiger partial charge in [0.15, 0.2) is 5.43 Å². The minimum atomic E-state index is -5.23. The van der Waals surface area contributed by atoms with Gasteiger partial charge in [-0.25, -0.2) is 13.6 Å². The predicted octanol–water partition coefficient (Wildman–Crippen LogP) is 2.03. The largest absolute Gasteiger partial charge is 0.477 e. The lowest BCUT2D eigenvalue weighted by Gasteiger charge is -2.10. The lowest BCUT2D eigenvalue weighted by molar-refractivity contribution is -0.139. The number of halogens is 5. The second-order valence-corrected chi connectivity index (χ2v) is 2.94. The number of hydrogen-bond donors (Lipinski definition) is 2. The van der Waals surface area contributed by atoms with E-state index in [2.05, 4.69) is 0 Å². The van der Waals surface area contributed by atoms with Crippen molar-refractivity contribution in [3.05, 3.63) is 33.2 Å². The fourth-order valence-corrected chi connectivity index (χ4v) is 1.14. The number of aromatic carboxylic acids is 1. The molecule has 0 amide bonds. The van der Waals surface area contributed by atoms with Gasteiger partial charge in [0.2, 0.25) is 0 Å². The van der Waals surface area contributed by atoms with E-state index in [0.717, 1.165) is 0 Å². The Bertz CT molecular complexity index is 505. The second-order valence-electron chi connectivity index (χ2n) is 2.94. The molecule has 0 fully saturated rings. The van der Waals surface area contributed by atoms with Crippen LogP contribution >= 0.6 is 0 Å². The van der Waals surface area contributed by atoms with Crippen LogP contribution in [0.2, 0.25) is 0 Å². The highest BCUT2D eigenvalue weighted by molar-refractivity contribution is 5.87. The fraction of sp³-hybridized carbons (Fsp3) is 0.250. The van der Waals surface area contributed by atoms with Crippen molar-refractivity contribution < 1.29 is 31.9 Å². The molecule has 1 aromatic rings. The summed E-state index contributed by atoms with van der Waals surface area (Å²) in [5, 5.41) is 8.44. The van der Waals surface area contributed by atoms with Crippen LogP contribution in [-0.4, -0.2) is 16.1 Å². The van der Waals surface area contributed by atoms with Crippen LogP contribution in [0, 0.1) is 0 Å². The van der Waals surface area contributed by atoms with Crippen LogP contribution in [-0.2, 0) is 6.18 Å². The van der Waals surface area contributed by atoms with Crippen LogP contribution in [0.4, 0.5) is 22.0 Å². The quantitative estimate of drug-likeness (QED) is 0.796. The van der Waals surface area contributed by atoms with Crippen molar-refractivity contribution in [2.75, 3.05) is 0 Å². The van der Waals surface area contributed by atoms with Crippen LogP contribution < -0.4 is 5.43 Å². The Morgan fingerprint density at radius 2 is 1.88 bits per heavy atom. The number of pyridine rings is 1. The second kappa shape index (κ2) is 4.15. The first kappa shape index (κ1) is 13.1. The summed E-state index contributed by atoms with van der Waals surface area (Å²) in [7, 11) is 0. The number of rotatable bonds is 2. The summed E-state index contributed by atoms with van der Waals surface area (Å²) in [4.78, 5) is 22.8. The molecule has 94 valence electrons. The summed E-state index contributed by atoms with van der Waals surface area (Å²) < 4.78 is 61.3. The number of hydrogen-bond acceptors (Lipinski definition) is 2. The zero-order chi connectivity index (χ0) is 13.4. The number of nitrogens with one attached hydrogen (secondary N) is 1. The van der Waals surface area contributed by atoms with Crippen molar-refractivity contribution in [2.45, 2.75) is 12.6 Å². The predicted molar refractivity (Wildman–Crippen MR) is 44.0 cm³/mol. The topological polar surface area (TPSA) is 70.2 Å². The zero-order valence-corrected chi connectivity index (χ0v) is 7.81. The Morgan fingerprint density at radius 3 is 2.24 bits per heavy atom. The molecule has 2 N–H and O–H groups in total. The first-order valence-corrected chi connectivity index (χ1v) is 4.00. The van der Waals surface area contributed by atoms with Crippen LogP contribution in [0.15, 0.2) is 10.9 Å². The highest BCUT2D eigenvalue weighted by atomic mass is 19.4. The van der Waals surface area contributed by atoms with Crippen LogP contribution in [0.3, 0.4) is 0 Å². The molecule has 9 heteroatoms. The summed E-state index contributed by atoms with van der Waals surface area (Å²) in [5.41, 5.74) is -6.60. The van der Waals surface area contributed by atoms with Gasteiger partial charge in [-0.2, -0.15) is 13.2 Å². The number of carbonyl (C=O) groups is 1. The molecule has 0 unspecified atom stereocenters. The van der Waals surface area contributed by atoms with E-state index in [4.69, 9.17) is 5.11 Å². The third-order valence-corrected chi connectivity index (χ3v) is 1.78. The molecule has 0 aliphatic carbocycles. The lowest BCUT2D eigenvalue weighted by Crippen LogP contribution is -2.26. The molecule has 0 spiro atoms. The van der Waals surface area contributed by atoms with Gasteiger partial charge in [-0.3, -0.25) is 4.79 Å². The van der Waals surface area contributed by atoms with E-state index in [9.17, 15) is 31.5 Å². The number of aromatic nitrogens is 1. The number of alkyl halides is 5. The number of aromatic amines is 1. The van der Waals surface area contributed by atoms with Gasteiger partial charge in [-0.1, -0.05) is 0 Å². The highest BCUT2D eigenvalue weighted by Crippen LogP contribution is 2.29. The Kier molecular flexibility index (Phi) is 3.21. The molecule has 0 radical (unpaired) electrons. The standard InChI is InChI=1S/C8H4F5NO3/c9-6(10)2-1-3(15)4(8(11,12)13)5(14-2)7(16)17/h1,6H,(H,14,15)(H,16,17). The monoisotopic (exact) mass is 257 g/mol. The Hall–Kier alpha value is -1.93. The van der Waals surface area contributed by atoms with Crippen LogP contribution in [0.1, 0.15) is 28.2 Å². The Morgan fingerprint density at radius 1 is 1.35 bits per heavy atom. The average Bonchev–Trinajstić information content (AvgIpc) is 2.13. The molecule has 0 atom stereocenters. The number of carboxylic acid groups (broad SMARTS) is 1. The van der Waals surface area contributed by atoms with E-state index in [-0.39, 0.29) is 6.07 Å². The van der Waals surface area contributed by atoms with Crippen molar-refractivity contribution in [1.29, 1.82) is 0 Å². The molecule has 1 aromatic heterocycles. The van der Waals surface area contributed by atoms with Gasteiger partial charge in [0.25, 0.3) is 6.43 Å². The molecule has 0 saturated heterocycles. The van der Waals surface area contributed by atoms with Crippen LogP contribution in [0.5, 0.6) is 0 Å². The van der Waals surface area contributed by atoms with Crippen molar-refractivity contribution in [3.8, 4) is 0 Å². The highest BCUT2D eigenvalue weighted by Gasteiger charge is 2.39. The van der Waals surface area contributed by atoms with Crippen molar-refractivity contribution in [2.24, 2.45) is 0 Å². The SMILES string of the molecule is O=C(O)c1[nH]c(C(F)F)cc(=O)c1C(F)(F)F. The first-order chi connectivity index (χ1) is 7.64. The average molecular weight is 257 g/mol. The van der Waals surface area contributed by atoms with Gasteiger partial charge in [0, 0.05) is 6.07 Å². The van der Waals surface area contributed by atoms with Gasteiger partial charge in [0.1, 0.15) is 11.3 Å². The molecule has 0 aromatic carbocycles. The zero-order valence-electron chi connectivity index (χ0n) is 7.81. The molecule has 1 heterocycles. The summed E-state index contributed by atoms with van der Waals surface area (Å²) in [6.45, 7) is 0. The maximum absolute atomic E-state index is 12.3. The smallest absolute Gasteiger partial charge is 0.422 e. The van der Waals surface area contributed by atoms with Gasteiger partial charge in [-0.15, -0.1) is 0 Å². The van der Waals surface area contributed by atoms with Crippen molar-refractivity contribution >= 4 is 5.97 Å². The molecule has 0 bridgehead atoms. The Labute approximate surface area is 89.7 Å². The molecular formula is C8H4F5NO3. The summed E-state index contributed by atoms with van der Waals surface area (Å²) in [6.07, 6.45) is -8.51. The van der Waals surface area contributed by atoms with E-state index in [0.29, 0.717) is 0 Å².